The molecule has 0 atom stereocenters. The van der Waals surface area contributed by atoms with E-state index in [4.69, 9.17) is 5.11 Å². The maximum atomic E-state index is 12.8. The van der Waals surface area contributed by atoms with Gasteiger partial charge in [0.2, 0.25) is 5.95 Å². The average Bonchev–Trinajstić information content (AvgIpc) is 2.97. The van der Waals surface area contributed by atoms with Crippen LogP contribution in [0.15, 0.2) is 22.2 Å². The van der Waals surface area contributed by atoms with E-state index in [2.05, 4.69) is 16.9 Å². The molecule has 2 N–H and O–H groups in total. The Kier molecular flexibility index (Phi) is 4.45. The number of piperazine rings is 1. The fourth-order valence-electron chi connectivity index (χ4n) is 3.04. The first-order valence-electron chi connectivity index (χ1n) is 7.94. The molecule has 134 valence electrons. The Morgan fingerprint density at radius 1 is 1.32 bits per heavy atom. The zero-order valence-electron chi connectivity index (χ0n) is 13.9. The number of aromatic nitrogens is 4. The van der Waals surface area contributed by atoms with Crippen LogP contribution in [0.3, 0.4) is 0 Å². The van der Waals surface area contributed by atoms with E-state index in [-0.39, 0.29) is 11.2 Å². The van der Waals surface area contributed by atoms with Gasteiger partial charge in [-0.3, -0.25) is 14.2 Å². The molecule has 1 aliphatic heterocycles. The molecule has 0 aliphatic carbocycles. The zero-order valence-corrected chi connectivity index (χ0v) is 13.9. The molecule has 25 heavy (non-hydrogen) atoms. The molecule has 10 nitrogen and oxygen atoms in total. The third kappa shape index (κ3) is 2.84. The molecule has 0 aromatic carbocycles. The Labute approximate surface area is 142 Å². The summed E-state index contributed by atoms with van der Waals surface area (Å²) < 4.78 is 3.62. The van der Waals surface area contributed by atoms with E-state index in [1.54, 1.807) is 10.6 Å². The number of nitrogens with zero attached hydrogens (tertiary/aromatic N) is 5. The predicted molar refractivity (Wildman–Crippen MR) is 92.1 cm³/mol. The van der Waals surface area contributed by atoms with E-state index in [9.17, 15) is 14.4 Å². The second-order valence-corrected chi connectivity index (χ2v) is 5.85. The average molecular weight is 348 g/mol. The number of imidazole rings is 1. The zero-order chi connectivity index (χ0) is 18.1. The maximum Gasteiger partial charge on any atom is 0.333 e. The third-order valence-corrected chi connectivity index (χ3v) is 4.22. The number of carboxylic acids is 1. The molecule has 0 bridgehead atoms. The highest BCUT2D eigenvalue weighted by Gasteiger charge is 2.24. The number of rotatable bonds is 5. The van der Waals surface area contributed by atoms with E-state index in [0.717, 1.165) is 26.2 Å². The summed E-state index contributed by atoms with van der Waals surface area (Å²) in [4.78, 5) is 42.7. The summed E-state index contributed by atoms with van der Waals surface area (Å²) in [6.07, 6.45) is 1.64. The summed E-state index contributed by atoms with van der Waals surface area (Å²) in [5.41, 5.74) is -0.907. The number of anilines is 1. The van der Waals surface area contributed by atoms with Gasteiger partial charge >= 0.3 is 11.7 Å². The molecule has 2 aromatic rings. The quantitative estimate of drug-likeness (QED) is 0.637. The van der Waals surface area contributed by atoms with E-state index >= 15 is 0 Å². The largest absolute Gasteiger partial charge is 0.480 e. The minimum atomic E-state index is -1.25. The monoisotopic (exact) mass is 348 g/mol. The van der Waals surface area contributed by atoms with E-state index in [1.807, 2.05) is 4.90 Å². The Balaban J connectivity index is 2.31. The second-order valence-electron chi connectivity index (χ2n) is 5.85. The van der Waals surface area contributed by atoms with Crippen LogP contribution >= 0.6 is 0 Å². The number of carbonyl (C=O) groups is 1. The maximum absolute atomic E-state index is 12.8. The molecule has 0 amide bonds. The van der Waals surface area contributed by atoms with Gasteiger partial charge in [-0.1, -0.05) is 6.08 Å². The summed E-state index contributed by atoms with van der Waals surface area (Å²) in [6, 6.07) is 0. The highest BCUT2D eigenvalue weighted by Crippen LogP contribution is 2.20. The SMILES string of the molecule is C=CCn1c(N2CCNCC2)nc2c1c(=O)n(CC(=O)O)c(=O)n2C. The van der Waals surface area contributed by atoms with Gasteiger partial charge in [-0.25, -0.2) is 9.36 Å². The van der Waals surface area contributed by atoms with E-state index in [1.165, 1.54) is 11.6 Å². The van der Waals surface area contributed by atoms with E-state index in [0.29, 0.717) is 17.1 Å². The van der Waals surface area contributed by atoms with Crippen molar-refractivity contribution in [3.63, 3.8) is 0 Å². The fraction of sp³-hybridized carbons (Fsp3) is 0.467. The molecule has 0 radical (unpaired) electrons. The van der Waals surface area contributed by atoms with Crippen molar-refractivity contribution in [1.82, 2.24) is 24.0 Å². The van der Waals surface area contributed by atoms with Crippen LogP contribution in [-0.2, 0) is 24.9 Å². The molecule has 0 spiro atoms. The van der Waals surface area contributed by atoms with Crippen LogP contribution in [0.1, 0.15) is 0 Å². The summed E-state index contributed by atoms with van der Waals surface area (Å²) in [5.74, 6) is -0.674. The van der Waals surface area contributed by atoms with Crippen molar-refractivity contribution in [2.24, 2.45) is 7.05 Å². The summed E-state index contributed by atoms with van der Waals surface area (Å²) in [7, 11) is 1.48. The number of aliphatic carboxylic acids is 1. The van der Waals surface area contributed by atoms with Gasteiger partial charge in [-0.15, -0.1) is 6.58 Å². The Hall–Kier alpha value is -2.88. The topological polar surface area (TPSA) is 114 Å². The number of hydrogen-bond acceptors (Lipinski definition) is 6. The normalized spacial score (nSPS) is 14.8. The smallest absolute Gasteiger partial charge is 0.333 e. The molecular weight excluding hydrogens is 328 g/mol. The first-order valence-corrected chi connectivity index (χ1v) is 7.94. The van der Waals surface area contributed by atoms with Gasteiger partial charge in [0.15, 0.2) is 11.2 Å². The number of carboxylic acid groups (broad SMARTS) is 1. The van der Waals surface area contributed by atoms with Gasteiger partial charge in [-0.05, 0) is 0 Å². The van der Waals surface area contributed by atoms with Gasteiger partial charge in [0.05, 0.1) is 0 Å². The number of hydrogen-bond donors (Lipinski definition) is 2. The van der Waals surface area contributed by atoms with Gasteiger partial charge < -0.3 is 19.9 Å². The molecule has 2 aromatic heterocycles. The first kappa shape index (κ1) is 17.0. The molecular formula is C15H20N6O4. The van der Waals surface area contributed by atoms with Crippen LogP contribution in [0.4, 0.5) is 5.95 Å². The number of aryl methyl sites for hydroxylation is 1. The number of fused-ring (bicyclic) bond motifs is 1. The molecule has 3 rings (SSSR count). The lowest BCUT2D eigenvalue weighted by Gasteiger charge is -2.28. The molecule has 0 unspecified atom stereocenters. The predicted octanol–water partition coefficient (Wildman–Crippen LogP) is -1.42. The van der Waals surface area contributed by atoms with Crippen molar-refractivity contribution in [3.05, 3.63) is 33.5 Å². The van der Waals surface area contributed by atoms with Crippen LogP contribution in [-0.4, -0.2) is 55.9 Å². The van der Waals surface area contributed by atoms with Crippen LogP contribution < -0.4 is 21.5 Å². The lowest BCUT2D eigenvalue weighted by molar-refractivity contribution is -0.137. The van der Waals surface area contributed by atoms with Gasteiger partial charge in [0, 0.05) is 39.8 Å². The van der Waals surface area contributed by atoms with Gasteiger partial charge in [0.1, 0.15) is 6.54 Å². The summed E-state index contributed by atoms with van der Waals surface area (Å²) >= 11 is 0. The number of allylic oxidation sites excluding steroid dienone is 1. The standard InChI is InChI=1S/C15H20N6O4/c1-3-6-20-11-12(17-14(20)19-7-4-16-5-8-19)18(2)15(25)21(13(11)24)9-10(22)23/h3,16H,1,4-9H2,2H3,(H,22,23). The third-order valence-electron chi connectivity index (χ3n) is 4.22. The van der Waals surface area contributed by atoms with Crippen LogP contribution in [0.25, 0.3) is 11.2 Å². The number of nitrogens with one attached hydrogen (secondary N) is 1. The van der Waals surface area contributed by atoms with E-state index < -0.39 is 23.8 Å². The molecule has 1 fully saturated rings. The molecule has 3 heterocycles. The lowest BCUT2D eigenvalue weighted by Crippen LogP contribution is -2.44. The minimum Gasteiger partial charge on any atom is -0.480 e. The molecule has 1 saturated heterocycles. The Morgan fingerprint density at radius 2 is 2.00 bits per heavy atom. The van der Waals surface area contributed by atoms with Crippen molar-refractivity contribution in [3.8, 4) is 0 Å². The van der Waals surface area contributed by atoms with Crippen molar-refractivity contribution >= 4 is 23.1 Å². The highest BCUT2D eigenvalue weighted by atomic mass is 16.4. The summed E-state index contributed by atoms with van der Waals surface area (Å²) in [6.45, 7) is 6.38. The molecule has 1 aliphatic rings. The minimum absolute atomic E-state index is 0.205. The van der Waals surface area contributed by atoms with Gasteiger partial charge in [-0.2, -0.15) is 4.98 Å². The van der Waals surface area contributed by atoms with Crippen molar-refractivity contribution in [2.45, 2.75) is 13.1 Å². The van der Waals surface area contributed by atoms with Crippen molar-refractivity contribution < 1.29 is 9.90 Å². The molecule has 10 heteroatoms. The second kappa shape index (κ2) is 6.55. The Bertz CT molecular complexity index is 948. The van der Waals surface area contributed by atoms with Crippen LogP contribution in [0.5, 0.6) is 0 Å². The first-order chi connectivity index (χ1) is 12.0. The lowest BCUT2D eigenvalue weighted by atomic mass is 10.4. The molecule has 0 saturated carbocycles. The van der Waals surface area contributed by atoms with Gasteiger partial charge in [0.25, 0.3) is 5.56 Å². The van der Waals surface area contributed by atoms with Crippen molar-refractivity contribution in [1.29, 1.82) is 0 Å². The highest BCUT2D eigenvalue weighted by molar-refractivity contribution is 5.75. The van der Waals surface area contributed by atoms with Crippen LogP contribution in [0, 0.1) is 0 Å². The fourth-order valence-corrected chi connectivity index (χ4v) is 3.04. The Morgan fingerprint density at radius 3 is 2.60 bits per heavy atom. The van der Waals surface area contributed by atoms with Crippen LogP contribution in [0.2, 0.25) is 0 Å². The summed E-state index contributed by atoms with van der Waals surface area (Å²) in [5, 5.41) is 12.2. The van der Waals surface area contributed by atoms with Crippen molar-refractivity contribution in [2.75, 3.05) is 31.1 Å².